The molecule has 0 saturated carbocycles. The van der Waals surface area contributed by atoms with Gasteiger partial charge in [-0.1, -0.05) is 0 Å². The molecule has 0 aromatic rings. The Kier molecular flexibility index (Phi) is 3.49. The van der Waals surface area contributed by atoms with Crippen molar-refractivity contribution in [3.63, 3.8) is 0 Å². The Morgan fingerprint density at radius 1 is 1.75 bits per heavy atom. The SMILES string of the molecule is CN1C(=O)COCC1CCCN. The zero-order valence-electron chi connectivity index (χ0n) is 7.45. The van der Waals surface area contributed by atoms with Gasteiger partial charge in [-0.25, -0.2) is 0 Å². The number of carbonyl (C=O) groups excluding carboxylic acids is 1. The number of rotatable bonds is 3. The molecular weight excluding hydrogens is 156 g/mol. The van der Waals surface area contributed by atoms with Gasteiger partial charge < -0.3 is 15.4 Å². The monoisotopic (exact) mass is 172 g/mol. The molecule has 1 rings (SSSR count). The molecule has 1 atom stereocenters. The van der Waals surface area contributed by atoms with Gasteiger partial charge in [0.2, 0.25) is 5.91 Å². The van der Waals surface area contributed by atoms with Gasteiger partial charge in [-0.2, -0.15) is 0 Å². The molecule has 4 nitrogen and oxygen atoms in total. The van der Waals surface area contributed by atoms with Crippen LogP contribution in [-0.4, -0.2) is 43.7 Å². The Morgan fingerprint density at radius 2 is 2.50 bits per heavy atom. The highest BCUT2D eigenvalue weighted by Crippen LogP contribution is 2.10. The molecule has 1 saturated heterocycles. The summed E-state index contributed by atoms with van der Waals surface area (Å²) in [5.41, 5.74) is 5.38. The van der Waals surface area contributed by atoms with Crippen LogP contribution in [0.25, 0.3) is 0 Å². The second-order valence-corrected chi connectivity index (χ2v) is 3.10. The normalized spacial score (nSPS) is 24.7. The fraction of sp³-hybridized carbons (Fsp3) is 0.875. The highest BCUT2D eigenvalue weighted by atomic mass is 16.5. The number of hydrogen-bond donors (Lipinski definition) is 1. The van der Waals surface area contributed by atoms with Gasteiger partial charge in [0.1, 0.15) is 6.61 Å². The van der Waals surface area contributed by atoms with E-state index in [1.165, 1.54) is 0 Å². The van der Waals surface area contributed by atoms with Crippen LogP contribution in [0.2, 0.25) is 0 Å². The molecule has 1 aliphatic heterocycles. The van der Waals surface area contributed by atoms with Crippen LogP contribution in [0.3, 0.4) is 0 Å². The van der Waals surface area contributed by atoms with E-state index < -0.39 is 0 Å². The Labute approximate surface area is 72.7 Å². The second-order valence-electron chi connectivity index (χ2n) is 3.10. The highest BCUT2D eigenvalue weighted by Gasteiger charge is 2.24. The molecule has 1 heterocycles. The molecule has 1 aliphatic rings. The van der Waals surface area contributed by atoms with Crippen molar-refractivity contribution in [1.29, 1.82) is 0 Å². The van der Waals surface area contributed by atoms with E-state index in [9.17, 15) is 4.79 Å². The Bertz CT molecular complexity index is 161. The van der Waals surface area contributed by atoms with E-state index in [2.05, 4.69) is 0 Å². The summed E-state index contributed by atoms with van der Waals surface area (Å²) < 4.78 is 5.13. The average Bonchev–Trinajstić information content (AvgIpc) is 2.08. The molecule has 4 heteroatoms. The second kappa shape index (κ2) is 4.42. The van der Waals surface area contributed by atoms with Crippen LogP contribution in [-0.2, 0) is 9.53 Å². The molecule has 0 aromatic heterocycles. The molecular formula is C8H16N2O2. The lowest BCUT2D eigenvalue weighted by Gasteiger charge is -2.32. The van der Waals surface area contributed by atoms with Crippen LogP contribution in [0, 0.1) is 0 Å². The van der Waals surface area contributed by atoms with Crippen molar-refractivity contribution in [2.75, 3.05) is 26.8 Å². The maximum absolute atomic E-state index is 11.1. The largest absolute Gasteiger partial charge is 0.369 e. The molecule has 0 aromatic carbocycles. The smallest absolute Gasteiger partial charge is 0.248 e. The number of carbonyl (C=O) groups is 1. The molecule has 1 unspecified atom stereocenters. The third-order valence-electron chi connectivity index (χ3n) is 2.22. The molecule has 0 spiro atoms. The highest BCUT2D eigenvalue weighted by molar-refractivity contribution is 5.78. The molecule has 12 heavy (non-hydrogen) atoms. The van der Waals surface area contributed by atoms with E-state index >= 15 is 0 Å². The summed E-state index contributed by atoms with van der Waals surface area (Å²) in [6, 6.07) is 0.231. The lowest BCUT2D eigenvalue weighted by atomic mass is 10.1. The van der Waals surface area contributed by atoms with Crippen molar-refractivity contribution in [3.05, 3.63) is 0 Å². The van der Waals surface area contributed by atoms with E-state index in [4.69, 9.17) is 10.5 Å². The van der Waals surface area contributed by atoms with E-state index in [1.807, 2.05) is 7.05 Å². The Morgan fingerprint density at radius 3 is 3.17 bits per heavy atom. The van der Waals surface area contributed by atoms with Crippen molar-refractivity contribution in [3.8, 4) is 0 Å². The first-order chi connectivity index (χ1) is 5.75. The van der Waals surface area contributed by atoms with E-state index in [-0.39, 0.29) is 18.6 Å². The fourth-order valence-electron chi connectivity index (χ4n) is 1.33. The maximum Gasteiger partial charge on any atom is 0.248 e. The van der Waals surface area contributed by atoms with E-state index in [0.717, 1.165) is 12.8 Å². The van der Waals surface area contributed by atoms with Gasteiger partial charge in [-0.3, -0.25) is 4.79 Å². The number of nitrogens with two attached hydrogens (primary N) is 1. The summed E-state index contributed by atoms with van der Waals surface area (Å²) >= 11 is 0. The standard InChI is InChI=1S/C8H16N2O2/c1-10-7(3-2-4-9)5-12-6-8(10)11/h7H,2-6,9H2,1H3. The molecule has 70 valence electrons. The summed E-state index contributed by atoms with van der Waals surface area (Å²) in [6.45, 7) is 1.57. The van der Waals surface area contributed by atoms with Crippen molar-refractivity contribution in [2.45, 2.75) is 18.9 Å². The number of hydrogen-bond acceptors (Lipinski definition) is 3. The summed E-state index contributed by atoms with van der Waals surface area (Å²) in [6.07, 6.45) is 1.89. The number of ether oxygens (including phenoxy) is 1. The summed E-state index contributed by atoms with van der Waals surface area (Å²) in [5.74, 6) is 0.0725. The minimum Gasteiger partial charge on any atom is -0.369 e. The predicted octanol–water partition coefficient (Wildman–Crippen LogP) is -0.417. The molecule has 0 bridgehead atoms. The Balaban J connectivity index is 2.35. The van der Waals surface area contributed by atoms with E-state index in [0.29, 0.717) is 13.2 Å². The molecule has 1 amide bonds. The van der Waals surface area contributed by atoms with Crippen molar-refractivity contribution >= 4 is 5.91 Å². The van der Waals surface area contributed by atoms with Crippen molar-refractivity contribution in [2.24, 2.45) is 5.73 Å². The average molecular weight is 172 g/mol. The summed E-state index contributed by atoms with van der Waals surface area (Å²) in [4.78, 5) is 12.9. The fourth-order valence-corrected chi connectivity index (χ4v) is 1.33. The first kappa shape index (κ1) is 9.48. The van der Waals surface area contributed by atoms with Gasteiger partial charge in [0.05, 0.1) is 12.6 Å². The lowest BCUT2D eigenvalue weighted by molar-refractivity contribution is -0.146. The number of morpholine rings is 1. The quantitative estimate of drug-likeness (QED) is 0.629. The van der Waals surface area contributed by atoms with Crippen molar-refractivity contribution < 1.29 is 9.53 Å². The van der Waals surface area contributed by atoms with Gasteiger partial charge in [0.15, 0.2) is 0 Å². The van der Waals surface area contributed by atoms with Gasteiger partial charge in [-0.05, 0) is 19.4 Å². The van der Waals surface area contributed by atoms with Crippen molar-refractivity contribution in [1.82, 2.24) is 4.90 Å². The van der Waals surface area contributed by atoms with Crippen LogP contribution < -0.4 is 5.73 Å². The number of likely N-dealkylation sites (N-methyl/N-ethyl adjacent to an activating group) is 1. The zero-order valence-corrected chi connectivity index (χ0v) is 7.45. The van der Waals surface area contributed by atoms with Crippen LogP contribution in [0.5, 0.6) is 0 Å². The number of amides is 1. The van der Waals surface area contributed by atoms with Gasteiger partial charge in [0, 0.05) is 7.05 Å². The first-order valence-electron chi connectivity index (χ1n) is 4.29. The Hall–Kier alpha value is -0.610. The van der Waals surface area contributed by atoms with Gasteiger partial charge in [-0.15, -0.1) is 0 Å². The molecule has 0 radical (unpaired) electrons. The summed E-state index contributed by atoms with van der Waals surface area (Å²) in [5, 5.41) is 0. The van der Waals surface area contributed by atoms with Crippen LogP contribution >= 0.6 is 0 Å². The van der Waals surface area contributed by atoms with Gasteiger partial charge >= 0.3 is 0 Å². The first-order valence-corrected chi connectivity index (χ1v) is 4.29. The maximum atomic E-state index is 11.1. The molecule has 1 fully saturated rings. The van der Waals surface area contributed by atoms with Gasteiger partial charge in [0.25, 0.3) is 0 Å². The van der Waals surface area contributed by atoms with Crippen LogP contribution in [0.15, 0.2) is 0 Å². The lowest BCUT2D eigenvalue weighted by Crippen LogP contribution is -2.46. The minimum atomic E-state index is 0.0725. The summed E-state index contributed by atoms with van der Waals surface area (Å²) in [7, 11) is 1.83. The van der Waals surface area contributed by atoms with E-state index in [1.54, 1.807) is 4.90 Å². The minimum absolute atomic E-state index is 0.0725. The van der Waals surface area contributed by atoms with Crippen LogP contribution in [0.4, 0.5) is 0 Å². The third kappa shape index (κ3) is 2.19. The number of nitrogens with zero attached hydrogens (tertiary/aromatic N) is 1. The van der Waals surface area contributed by atoms with Crippen LogP contribution in [0.1, 0.15) is 12.8 Å². The predicted molar refractivity (Wildman–Crippen MR) is 45.7 cm³/mol. The topological polar surface area (TPSA) is 55.6 Å². The third-order valence-corrected chi connectivity index (χ3v) is 2.22. The molecule has 0 aliphatic carbocycles. The zero-order chi connectivity index (χ0) is 8.97. The molecule has 2 N–H and O–H groups in total.